The van der Waals surface area contributed by atoms with Gasteiger partial charge >= 0.3 is 0 Å². The second-order valence-corrected chi connectivity index (χ2v) is 5.62. The van der Waals surface area contributed by atoms with Gasteiger partial charge in [-0.2, -0.15) is 0 Å². The van der Waals surface area contributed by atoms with E-state index in [1.807, 2.05) is 12.1 Å². The van der Waals surface area contributed by atoms with Crippen LogP contribution in [0.5, 0.6) is 0 Å². The van der Waals surface area contributed by atoms with Crippen LogP contribution in [0.2, 0.25) is 5.02 Å². The molecule has 0 saturated carbocycles. The summed E-state index contributed by atoms with van der Waals surface area (Å²) < 4.78 is 0. The fourth-order valence-corrected chi connectivity index (χ4v) is 3.23. The van der Waals surface area contributed by atoms with E-state index in [-0.39, 0.29) is 0 Å². The molecule has 0 aromatic heterocycles. The third kappa shape index (κ3) is 2.49. The van der Waals surface area contributed by atoms with Gasteiger partial charge in [-0.25, -0.2) is 0 Å². The first kappa shape index (κ1) is 11.5. The van der Waals surface area contributed by atoms with Crippen LogP contribution in [-0.2, 0) is 0 Å². The van der Waals surface area contributed by atoms with Crippen molar-refractivity contribution in [1.82, 2.24) is 10.2 Å². The van der Waals surface area contributed by atoms with E-state index in [2.05, 4.69) is 22.3 Å². The number of hydrogen-bond acceptors (Lipinski definition) is 2. The lowest BCUT2D eigenvalue weighted by Gasteiger charge is -2.43. The van der Waals surface area contributed by atoms with Crippen molar-refractivity contribution in [3.05, 3.63) is 34.9 Å². The molecule has 1 aromatic carbocycles. The SMILES string of the molecule is Clc1ccc([C@@H]2CC[C@H]3CNCCN3C2)cc1. The predicted octanol–water partition coefficient (Wildman–Crippen LogP) is 2.49. The number of piperazine rings is 1. The van der Waals surface area contributed by atoms with Crippen molar-refractivity contribution in [1.29, 1.82) is 0 Å². The average molecular weight is 251 g/mol. The van der Waals surface area contributed by atoms with Crippen LogP contribution in [0.4, 0.5) is 0 Å². The van der Waals surface area contributed by atoms with Crippen LogP contribution in [0.25, 0.3) is 0 Å². The van der Waals surface area contributed by atoms with Crippen molar-refractivity contribution >= 4 is 11.6 Å². The number of rotatable bonds is 1. The molecule has 2 aliphatic heterocycles. The van der Waals surface area contributed by atoms with E-state index in [4.69, 9.17) is 11.6 Å². The summed E-state index contributed by atoms with van der Waals surface area (Å²) in [6.45, 7) is 4.74. The van der Waals surface area contributed by atoms with Gasteiger partial charge in [-0.1, -0.05) is 23.7 Å². The van der Waals surface area contributed by atoms with Crippen LogP contribution in [-0.4, -0.2) is 37.1 Å². The minimum absolute atomic E-state index is 0.696. The molecule has 2 atom stereocenters. The molecule has 0 aliphatic carbocycles. The quantitative estimate of drug-likeness (QED) is 0.824. The molecule has 0 bridgehead atoms. The highest BCUT2D eigenvalue weighted by Gasteiger charge is 2.30. The zero-order valence-corrected chi connectivity index (χ0v) is 10.8. The van der Waals surface area contributed by atoms with Gasteiger partial charge in [0.2, 0.25) is 0 Å². The van der Waals surface area contributed by atoms with Crippen LogP contribution in [0.15, 0.2) is 24.3 Å². The smallest absolute Gasteiger partial charge is 0.0406 e. The molecule has 2 saturated heterocycles. The molecule has 3 heteroatoms. The molecule has 1 aromatic rings. The van der Waals surface area contributed by atoms with Crippen molar-refractivity contribution in [2.45, 2.75) is 24.8 Å². The lowest BCUT2D eigenvalue weighted by Crippen LogP contribution is -2.54. The summed E-state index contributed by atoms with van der Waals surface area (Å²) in [5.74, 6) is 0.696. The summed E-state index contributed by atoms with van der Waals surface area (Å²) in [5.41, 5.74) is 1.45. The molecule has 92 valence electrons. The van der Waals surface area contributed by atoms with Crippen LogP contribution < -0.4 is 5.32 Å². The maximum absolute atomic E-state index is 5.94. The molecule has 1 N–H and O–H groups in total. The van der Waals surface area contributed by atoms with Crippen molar-refractivity contribution in [3.63, 3.8) is 0 Å². The summed E-state index contributed by atoms with van der Waals surface area (Å²) in [4.78, 5) is 2.65. The van der Waals surface area contributed by atoms with Gasteiger partial charge in [-0.15, -0.1) is 0 Å². The number of nitrogens with zero attached hydrogens (tertiary/aromatic N) is 1. The Labute approximate surface area is 108 Å². The molecule has 0 amide bonds. The van der Waals surface area contributed by atoms with E-state index in [0.29, 0.717) is 5.92 Å². The van der Waals surface area contributed by atoms with E-state index in [1.54, 1.807) is 0 Å². The second-order valence-electron chi connectivity index (χ2n) is 5.18. The highest BCUT2D eigenvalue weighted by Crippen LogP contribution is 2.31. The fraction of sp³-hybridized carbons (Fsp3) is 0.571. The van der Waals surface area contributed by atoms with Crippen molar-refractivity contribution in [3.8, 4) is 0 Å². The average Bonchev–Trinajstić information content (AvgIpc) is 2.39. The van der Waals surface area contributed by atoms with Gasteiger partial charge in [-0.3, -0.25) is 4.90 Å². The summed E-state index contributed by atoms with van der Waals surface area (Å²) in [7, 11) is 0. The first-order valence-electron chi connectivity index (χ1n) is 6.53. The highest BCUT2D eigenvalue weighted by molar-refractivity contribution is 6.30. The van der Waals surface area contributed by atoms with Gasteiger partial charge in [0.1, 0.15) is 0 Å². The number of halogens is 1. The third-order valence-corrected chi connectivity index (χ3v) is 4.37. The van der Waals surface area contributed by atoms with E-state index >= 15 is 0 Å². The Bertz CT molecular complexity index is 376. The summed E-state index contributed by atoms with van der Waals surface area (Å²) in [6, 6.07) is 9.18. The Kier molecular flexibility index (Phi) is 3.37. The molecule has 17 heavy (non-hydrogen) atoms. The van der Waals surface area contributed by atoms with Crippen LogP contribution >= 0.6 is 11.6 Å². The molecule has 2 fully saturated rings. The molecule has 3 rings (SSSR count). The molecule has 2 aliphatic rings. The van der Waals surface area contributed by atoms with E-state index in [1.165, 1.54) is 38.0 Å². The Morgan fingerprint density at radius 1 is 1.18 bits per heavy atom. The van der Waals surface area contributed by atoms with Crippen LogP contribution in [0.1, 0.15) is 24.3 Å². The predicted molar refractivity (Wildman–Crippen MR) is 71.7 cm³/mol. The lowest BCUT2D eigenvalue weighted by molar-refractivity contribution is 0.107. The zero-order chi connectivity index (χ0) is 11.7. The highest BCUT2D eigenvalue weighted by atomic mass is 35.5. The Morgan fingerprint density at radius 2 is 2.00 bits per heavy atom. The maximum Gasteiger partial charge on any atom is 0.0406 e. The largest absolute Gasteiger partial charge is 0.314 e. The van der Waals surface area contributed by atoms with Gasteiger partial charge in [0.05, 0.1) is 0 Å². The lowest BCUT2D eigenvalue weighted by atomic mass is 9.86. The van der Waals surface area contributed by atoms with Crippen molar-refractivity contribution < 1.29 is 0 Å². The number of benzene rings is 1. The summed E-state index contributed by atoms with van der Waals surface area (Å²) >= 11 is 5.94. The Balaban J connectivity index is 1.71. The number of piperidine rings is 1. The fourth-order valence-electron chi connectivity index (χ4n) is 3.10. The number of nitrogens with one attached hydrogen (secondary N) is 1. The number of fused-ring (bicyclic) bond motifs is 1. The number of hydrogen-bond donors (Lipinski definition) is 1. The summed E-state index contributed by atoms with van der Waals surface area (Å²) in [5, 5.41) is 4.32. The molecule has 2 nitrogen and oxygen atoms in total. The topological polar surface area (TPSA) is 15.3 Å². The van der Waals surface area contributed by atoms with E-state index < -0.39 is 0 Å². The molecular weight excluding hydrogens is 232 g/mol. The van der Waals surface area contributed by atoms with Gasteiger partial charge in [-0.05, 0) is 36.5 Å². The second kappa shape index (κ2) is 4.97. The van der Waals surface area contributed by atoms with E-state index in [9.17, 15) is 0 Å². The molecule has 0 spiro atoms. The van der Waals surface area contributed by atoms with Crippen molar-refractivity contribution in [2.75, 3.05) is 26.2 Å². The standard InChI is InChI=1S/C14H19ClN2/c15-13-4-1-11(2-5-13)12-3-6-14-9-16-7-8-17(14)10-12/h1-2,4-5,12,14,16H,3,6-10H2/t12-,14+/m1/s1. The summed E-state index contributed by atoms with van der Waals surface area (Å²) in [6.07, 6.45) is 2.63. The van der Waals surface area contributed by atoms with Crippen LogP contribution in [0, 0.1) is 0 Å². The van der Waals surface area contributed by atoms with Gasteiger partial charge < -0.3 is 5.32 Å². The normalized spacial score (nSPS) is 29.9. The van der Waals surface area contributed by atoms with Crippen molar-refractivity contribution in [2.24, 2.45) is 0 Å². The maximum atomic E-state index is 5.94. The molecule has 0 unspecified atom stereocenters. The van der Waals surface area contributed by atoms with Gasteiger partial charge in [0.15, 0.2) is 0 Å². The Morgan fingerprint density at radius 3 is 2.82 bits per heavy atom. The van der Waals surface area contributed by atoms with Gasteiger partial charge in [0.25, 0.3) is 0 Å². The molecule has 2 heterocycles. The van der Waals surface area contributed by atoms with E-state index in [0.717, 1.165) is 17.6 Å². The zero-order valence-electron chi connectivity index (χ0n) is 10.0. The minimum atomic E-state index is 0.696. The van der Waals surface area contributed by atoms with Crippen LogP contribution in [0.3, 0.4) is 0 Å². The molecule has 0 radical (unpaired) electrons. The van der Waals surface area contributed by atoms with Gasteiger partial charge in [0, 0.05) is 37.2 Å². The first-order chi connectivity index (χ1) is 8.33. The first-order valence-corrected chi connectivity index (χ1v) is 6.91. The molecular formula is C14H19ClN2. The third-order valence-electron chi connectivity index (χ3n) is 4.12. The minimum Gasteiger partial charge on any atom is -0.314 e. The monoisotopic (exact) mass is 250 g/mol. The Hall–Kier alpha value is -0.570.